The van der Waals surface area contributed by atoms with Crippen molar-refractivity contribution in [2.75, 3.05) is 47.9 Å². The average molecular weight is 344 g/mol. The third-order valence-corrected chi connectivity index (χ3v) is 4.03. The molecule has 1 aromatic carbocycles. The number of rotatable bonds is 9. The lowest BCUT2D eigenvalue weighted by Gasteiger charge is -2.16. The molecular formula is C19H28N4O2. The first-order valence-corrected chi connectivity index (χ1v) is 8.52. The Kier molecular flexibility index (Phi) is 7.16. The highest BCUT2D eigenvalue weighted by atomic mass is 16.5. The molecule has 0 unspecified atom stereocenters. The van der Waals surface area contributed by atoms with Crippen molar-refractivity contribution in [2.45, 2.75) is 13.0 Å². The van der Waals surface area contributed by atoms with E-state index in [0.29, 0.717) is 19.6 Å². The summed E-state index contributed by atoms with van der Waals surface area (Å²) in [5.41, 5.74) is 2.09. The predicted octanol–water partition coefficient (Wildman–Crippen LogP) is 1.80. The number of benzene rings is 1. The maximum Gasteiger partial charge on any atom is 0.246 e. The topological polar surface area (TPSA) is 50.6 Å². The molecule has 1 heterocycles. The molecule has 6 heteroatoms. The maximum atomic E-state index is 12.1. The van der Waals surface area contributed by atoms with Crippen LogP contribution in [0.5, 0.6) is 0 Å². The monoisotopic (exact) mass is 344 g/mol. The molecule has 0 radical (unpaired) electrons. The molecule has 25 heavy (non-hydrogen) atoms. The molecule has 0 aliphatic heterocycles. The first-order valence-electron chi connectivity index (χ1n) is 8.52. The van der Waals surface area contributed by atoms with Crippen LogP contribution < -0.4 is 0 Å². The lowest BCUT2D eigenvalue weighted by molar-refractivity contribution is -0.124. The smallest absolute Gasteiger partial charge is 0.246 e. The summed E-state index contributed by atoms with van der Waals surface area (Å²) in [5.74, 6) is 0.997. The molecule has 0 saturated heterocycles. The van der Waals surface area contributed by atoms with E-state index in [0.717, 1.165) is 29.9 Å². The Bertz CT molecular complexity index is 721. The highest BCUT2D eigenvalue weighted by Gasteiger charge is 2.12. The summed E-state index contributed by atoms with van der Waals surface area (Å²) in [4.78, 5) is 20.6. The Hall–Kier alpha value is -2.18. The highest BCUT2D eigenvalue weighted by Crippen LogP contribution is 2.16. The maximum absolute atomic E-state index is 12.1. The fourth-order valence-corrected chi connectivity index (χ4v) is 2.62. The molecule has 0 saturated carbocycles. The van der Waals surface area contributed by atoms with Crippen molar-refractivity contribution >= 4 is 16.9 Å². The summed E-state index contributed by atoms with van der Waals surface area (Å²) in [6.07, 6.45) is 4.22. The van der Waals surface area contributed by atoms with E-state index in [9.17, 15) is 4.79 Å². The number of nitrogens with zero attached hydrogens (tertiary/aromatic N) is 4. The van der Waals surface area contributed by atoms with Crippen molar-refractivity contribution < 1.29 is 9.53 Å². The quantitative estimate of drug-likeness (QED) is 0.651. The number of para-hydroxylation sites is 2. The van der Waals surface area contributed by atoms with E-state index in [-0.39, 0.29) is 5.91 Å². The number of hydrogen-bond acceptors (Lipinski definition) is 4. The SMILES string of the molecule is COCCn1c(CCN(C)C(=O)/C=C/CN(C)C)nc2ccccc21. The molecule has 0 atom stereocenters. The van der Waals surface area contributed by atoms with Crippen LogP contribution in [0.2, 0.25) is 0 Å². The second-order valence-corrected chi connectivity index (χ2v) is 6.34. The van der Waals surface area contributed by atoms with E-state index >= 15 is 0 Å². The molecule has 0 aliphatic carbocycles. The van der Waals surface area contributed by atoms with Gasteiger partial charge in [0, 0.05) is 46.3 Å². The standard InChI is InChI=1S/C19H28N4O2/c1-21(2)12-7-10-19(24)22(3)13-11-18-20-16-8-5-6-9-17(16)23(18)14-15-25-4/h5-10H,11-15H2,1-4H3/b10-7+. The van der Waals surface area contributed by atoms with Crippen molar-refractivity contribution in [1.82, 2.24) is 19.4 Å². The minimum absolute atomic E-state index is 0.0152. The Balaban J connectivity index is 2.04. The van der Waals surface area contributed by atoms with Gasteiger partial charge in [0.05, 0.1) is 17.6 Å². The summed E-state index contributed by atoms with van der Waals surface area (Å²) in [7, 11) is 7.47. The van der Waals surface area contributed by atoms with Crippen molar-refractivity contribution in [2.24, 2.45) is 0 Å². The van der Waals surface area contributed by atoms with Crippen LogP contribution in [-0.2, 0) is 22.5 Å². The number of fused-ring (bicyclic) bond motifs is 1. The summed E-state index contributed by atoms with van der Waals surface area (Å²) >= 11 is 0. The van der Waals surface area contributed by atoms with Crippen LogP contribution >= 0.6 is 0 Å². The van der Waals surface area contributed by atoms with Gasteiger partial charge in [-0.15, -0.1) is 0 Å². The highest BCUT2D eigenvalue weighted by molar-refractivity contribution is 5.87. The third kappa shape index (κ3) is 5.41. The Morgan fingerprint density at radius 3 is 2.76 bits per heavy atom. The van der Waals surface area contributed by atoms with E-state index < -0.39 is 0 Å². The molecule has 0 aliphatic rings. The number of ether oxygens (including phenoxy) is 1. The van der Waals surface area contributed by atoms with E-state index in [2.05, 4.69) is 10.6 Å². The van der Waals surface area contributed by atoms with Gasteiger partial charge in [0.15, 0.2) is 0 Å². The number of aromatic nitrogens is 2. The van der Waals surface area contributed by atoms with Gasteiger partial charge in [-0.25, -0.2) is 4.98 Å². The van der Waals surface area contributed by atoms with Gasteiger partial charge in [0.25, 0.3) is 0 Å². The van der Waals surface area contributed by atoms with E-state index in [1.165, 1.54) is 0 Å². The summed E-state index contributed by atoms with van der Waals surface area (Å²) < 4.78 is 7.40. The Labute approximate surface area is 149 Å². The first kappa shape index (κ1) is 19.1. The van der Waals surface area contributed by atoms with Gasteiger partial charge >= 0.3 is 0 Å². The van der Waals surface area contributed by atoms with Gasteiger partial charge in [0.2, 0.25) is 5.91 Å². The molecule has 0 fully saturated rings. The van der Waals surface area contributed by atoms with Crippen molar-refractivity contribution in [3.05, 3.63) is 42.2 Å². The van der Waals surface area contributed by atoms with Crippen LogP contribution in [0.3, 0.4) is 0 Å². The summed E-state index contributed by atoms with van der Waals surface area (Å²) in [6, 6.07) is 8.09. The third-order valence-electron chi connectivity index (χ3n) is 4.03. The van der Waals surface area contributed by atoms with Crippen molar-refractivity contribution in [3.8, 4) is 0 Å². The second-order valence-electron chi connectivity index (χ2n) is 6.34. The number of imidazole rings is 1. The van der Waals surface area contributed by atoms with Crippen molar-refractivity contribution in [1.29, 1.82) is 0 Å². The fourth-order valence-electron chi connectivity index (χ4n) is 2.62. The van der Waals surface area contributed by atoms with Crippen LogP contribution in [0.1, 0.15) is 5.82 Å². The zero-order valence-electron chi connectivity index (χ0n) is 15.6. The molecule has 2 aromatic rings. The molecule has 136 valence electrons. The largest absolute Gasteiger partial charge is 0.383 e. The van der Waals surface area contributed by atoms with Crippen LogP contribution in [0, 0.1) is 0 Å². The molecular weight excluding hydrogens is 316 g/mol. The van der Waals surface area contributed by atoms with Gasteiger partial charge in [-0.3, -0.25) is 4.79 Å². The number of carbonyl (C=O) groups excluding carboxylic acids is 1. The normalized spacial score (nSPS) is 11.7. The van der Waals surface area contributed by atoms with Gasteiger partial charge in [-0.05, 0) is 26.2 Å². The minimum atomic E-state index is 0.0152. The van der Waals surface area contributed by atoms with Gasteiger partial charge < -0.3 is 19.1 Å². The average Bonchev–Trinajstić information content (AvgIpc) is 2.94. The van der Waals surface area contributed by atoms with Crippen LogP contribution in [0.25, 0.3) is 11.0 Å². The van der Waals surface area contributed by atoms with Gasteiger partial charge in [-0.2, -0.15) is 0 Å². The van der Waals surface area contributed by atoms with Gasteiger partial charge in [0.1, 0.15) is 5.82 Å². The predicted molar refractivity (Wildman–Crippen MR) is 101 cm³/mol. The van der Waals surface area contributed by atoms with E-state index in [1.807, 2.05) is 50.3 Å². The van der Waals surface area contributed by atoms with Crippen LogP contribution in [0.4, 0.5) is 0 Å². The molecule has 0 bridgehead atoms. The Morgan fingerprint density at radius 1 is 1.28 bits per heavy atom. The zero-order chi connectivity index (χ0) is 18.2. The van der Waals surface area contributed by atoms with Crippen LogP contribution in [-0.4, -0.2) is 73.2 Å². The number of likely N-dealkylation sites (N-methyl/N-ethyl adjacent to an activating group) is 2. The molecule has 2 rings (SSSR count). The molecule has 0 N–H and O–H groups in total. The number of hydrogen-bond donors (Lipinski definition) is 0. The zero-order valence-corrected chi connectivity index (χ0v) is 15.6. The molecule has 6 nitrogen and oxygen atoms in total. The summed E-state index contributed by atoms with van der Waals surface area (Å²) in [6.45, 7) is 2.77. The lowest BCUT2D eigenvalue weighted by Crippen LogP contribution is -2.28. The lowest BCUT2D eigenvalue weighted by atomic mass is 10.3. The number of carbonyl (C=O) groups is 1. The van der Waals surface area contributed by atoms with Crippen LogP contribution in [0.15, 0.2) is 36.4 Å². The van der Waals surface area contributed by atoms with E-state index in [4.69, 9.17) is 9.72 Å². The van der Waals surface area contributed by atoms with Gasteiger partial charge in [-0.1, -0.05) is 18.2 Å². The Morgan fingerprint density at radius 2 is 2.04 bits per heavy atom. The molecule has 0 spiro atoms. The minimum Gasteiger partial charge on any atom is -0.383 e. The first-order chi connectivity index (χ1) is 12.0. The molecule has 1 aromatic heterocycles. The molecule has 1 amide bonds. The second kappa shape index (κ2) is 9.34. The fraction of sp³-hybridized carbons (Fsp3) is 0.474. The summed E-state index contributed by atoms with van der Waals surface area (Å²) in [5, 5.41) is 0. The van der Waals surface area contributed by atoms with Crippen molar-refractivity contribution in [3.63, 3.8) is 0 Å². The number of amides is 1. The van der Waals surface area contributed by atoms with E-state index in [1.54, 1.807) is 18.1 Å². The number of methoxy groups -OCH3 is 1.